The summed E-state index contributed by atoms with van der Waals surface area (Å²) in [5, 5.41) is 0. The van der Waals surface area contributed by atoms with Gasteiger partial charge in [-0.05, 0) is 12.5 Å². The fourth-order valence-electron chi connectivity index (χ4n) is 1.30. The molecule has 0 fully saturated rings. The number of carbonyl (C=O) groups is 2. The van der Waals surface area contributed by atoms with Crippen LogP contribution in [0.4, 0.5) is 4.79 Å². The first-order valence-corrected chi connectivity index (χ1v) is 5.01. The number of ether oxygens (including phenoxy) is 1. The minimum atomic E-state index is -1.02. The number of carbonyl (C=O) groups excluding carboxylic acids is 2. The van der Waals surface area contributed by atoms with Gasteiger partial charge in [-0.3, -0.25) is 4.79 Å². The lowest BCUT2D eigenvalue weighted by Gasteiger charge is -2.15. The van der Waals surface area contributed by atoms with Crippen molar-refractivity contribution in [1.29, 1.82) is 0 Å². The molecule has 0 amide bonds. The van der Waals surface area contributed by atoms with E-state index in [-0.39, 0.29) is 5.78 Å². The minimum Gasteiger partial charge on any atom is -0.437 e. The van der Waals surface area contributed by atoms with Crippen molar-refractivity contribution in [3.05, 3.63) is 42.5 Å². The van der Waals surface area contributed by atoms with Crippen LogP contribution < -0.4 is 0 Å². The third kappa shape index (κ3) is 3.21. The molecule has 0 heterocycles. The lowest BCUT2D eigenvalue weighted by atomic mass is 10.00. The number of rotatable bonds is 4. The molecule has 0 aliphatic rings. The number of ketones is 1. The van der Waals surface area contributed by atoms with Crippen LogP contribution in [0.15, 0.2) is 36.9 Å². The first kappa shape index (κ1) is 12.5. The van der Waals surface area contributed by atoms with Crippen molar-refractivity contribution in [2.24, 2.45) is 0 Å². The van der Waals surface area contributed by atoms with Crippen molar-refractivity contribution in [2.75, 3.05) is 0 Å². The second-order valence-electron chi connectivity index (χ2n) is 3.24. The molecule has 0 N–H and O–H groups in total. The Morgan fingerprint density at radius 3 is 2.31 bits per heavy atom. The number of hydrogen-bond acceptors (Lipinski definition) is 3. The van der Waals surface area contributed by atoms with Gasteiger partial charge in [-0.2, -0.15) is 0 Å². The molecule has 0 saturated heterocycles. The smallest absolute Gasteiger partial charge is 0.404 e. The maximum Gasteiger partial charge on any atom is 0.404 e. The number of Topliss-reactive ketones (excluding diaryl/α,β-unsaturated/α-hetero) is 1. The maximum atomic E-state index is 11.3. The maximum absolute atomic E-state index is 11.3. The van der Waals surface area contributed by atoms with Crippen molar-refractivity contribution >= 4 is 28.4 Å². The highest BCUT2D eigenvalue weighted by Crippen LogP contribution is 2.20. The van der Waals surface area contributed by atoms with Gasteiger partial charge in [-0.15, -0.1) is 0 Å². The number of benzene rings is 1. The monoisotopic (exact) mass is 238 g/mol. The third-order valence-electron chi connectivity index (χ3n) is 2.04. The molecule has 1 aromatic rings. The average molecular weight is 239 g/mol. The van der Waals surface area contributed by atoms with Crippen molar-refractivity contribution < 1.29 is 14.3 Å². The molecule has 0 bridgehead atoms. The van der Waals surface area contributed by atoms with Gasteiger partial charge in [0.15, 0.2) is 11.9 Å². The van der Waals surface area contributed by atoms with Gasteiger partial charge < -0.3 is 4.74 Å². The molecule has 84 valence electrons. The van der Waals surface area contributed by atoms with E-state index in [0.29, 0.717) is 5.57 Å². The third-order valence-corrected chi connectivity index (χ3v) is 2.13. The Labute approximate surface area is 98.7 Å². The van der Waals surface area contributed by atoms with E-state index < -0.39 is 11.5 Å². The first-order valence-electron chi connectivity index (χ1n) is 4.63. The molecular formula is C12H11ClO3. The van der Waals surface area contributed by atoms with Gasteiger partial charge in [0.05, 0.1) is 0 Å². The zero-order chi connectivity index (χ0) is 12.1. The summed E-state index contributed by atoms with van der Waals surface area (Å²) >= 11 is 5.09. The zero-order valence-corrected chi connectivity index (χ0v) is 9.53. The summed E-state index contributed by atoms with van der Waals surface area (Å²) in [5.74, 6) is -0.317. The SMILES string of the molecule is C=C(c1ccccc1)C(OC(=O)Cl)C(C)=O. The van der Waals surface area contributed by atoms with E-state index in [1.54, 1.807) is 24.3 Å². The molecule has 4 heteroatoms. The molecule has 0 spiro atoms. The Hall–Kier alpha value is -1.61. The molecule has 3 nitrogen and oxygen atoms in total. The molecule has 1 atom stereocenters. The Morgan fingerprint density at radius 1 is 1.31 bits per heavy atom. The molecule has 0 saturated carbocycles. The van der Waals surface area contributed by atoms with Crippen molar-refractivity contribution in [1.82, 2.24) is 0 Å². The largest absolute Gasteiger partial charge is 0.437 e. The van der Waals surface area contributed by atoms with Crippen LogP contribution in [-0.4, -0.2) is 17.3 Å². The molecule has 0 radical (unpaired) electrons. The van der Waals surface area contributed by atoms with Gasteiger partial charge in [0.25, 0.3) is 0 Å². The molecule has 0 aliphatic heterocycles. The van der Waals surface area contributed by atoms with E-state index in [9.17, 15) is 9.59 Å². The van der Waals surface area contributed by atoms with Gasteiger partial charge in [-0.25, -0.2) is 4.79 Å². The molecular weight excluding hydrogens is 228 g/mol. The normalized spacial score (nSPS) is 11.6. The van der Waals surface area contributed by atoms with Crippen molar-refractivity contribution in [2.45, 2.75) is 13.0 Å². The fraction of sp³-hybridized carbons (Fsp3) is 0.167. The van der Waals surface area contributed by atoms with E-state index in [2.05, 4.69) is 6.58 Å². The quantitative estimate of drug-likeness (QED) is 0.758. The molecule has 1 rings (SSSR count). The van der Waals surface area contributed by atoms with Crippen LogP contribution in [0.3, 0.4) is 0 Å². The molecule has 1 aromatic carbocycles. The molecule has 0 aliphatic carbocycles. The Morgan fingerprint density at radius 2 is 1.88 bits per heavy atom. The van der Waals surface area contributed by atoms with Crippen LogP contribution in [0, 0.1) is 0 Å². The summed E-state index contributed by atoms with van der Waals surface area (Å²) in [6.45, 7) is 5.06. The van der Waals surface area contributed by atoms with Crippen LogP contribution in [-0.2, 0) is 9.53 Å². The van der Waals surface area contributed by atoms with Gasteiger partial charge in [-0.1, -0.05) is 36.9 Å². The predicted molar refractivity (Wildman–Crippen MR) is 62.3 cm³/mol. The predicted octanol–water partition coefficient (Wildman–Crippen LogP) is 3.03. The van der Waals surface area contributed by atoms with E-state index in [1.807, 2.05) is 6.07 Å². The van der Waals surface area contributed by atoms with Gasteiger partial charge in [0.2, 0.25) is 0 Å². The Balaban J connectivity index is 2.92. The van der Waals surface area contributed by atoms with E-state index in [1.165, 1.54) is 6.92 Å². The Kier molecular flexibility index (Phi) is 4.26. The Bertz CT molecular complexity index is 412. The lowest BCUT2D eigenvalue weighted by Crippen LogP contribution is -2.24. The van der Waals surface area contributed by atoms with Crippen LogP contribution in [0.1, 0.15) is 12.5 Å². The highest BCUT2D eigenvalue weighted by molar-refractivity contribution is 6.61. The van der Waals surface area contributed by atoms with Gasteiger partial charge >= 0.3 is 5.43 Å². The first-order chi connectivity index (χ1) is 7.52. The van der Waals surface area contributed by atoms with Crippen LogP contribution >= 0.6 is 11.6 Å². The molecule has 16 heavy (non-hydrogen) atoms. The summed E-state index contributed by atoms with van der Waals surface area (Å²) in [5.41, 5.74) is 0.139. The van der Waals surface area contributed by atoms with Crippen molar-refractivity contribution in [3.8, 4) is 0 Å². The summed E-state index contributed by atoms with van der Waals surface area (Å²) < 4.78 is 4.71. The second kappa shape index (κ2) is 5.47. The van der Waals surface area contributed by atoms with E-state index >= 15 is 0 Å². The summed E-state index contributed by atoms with van der Waals surface area (Å²) in [7, 11) is 0. The minimum absolute atomic E-state index is 0.317. The zero-order valence-electron chi connectivity index (χ0n) is 8.77. The average Bonchev–Trinajstić information content (AvgIpc) is 2.25. The van der Waals surface area contributed by atoms with Crippen LogP contribution in [0.25, 0.3) is 5.57 Å². The van der Waals surface area contributed by atoms with Crippen molar-refractivity contribution in [3.63, 3.8) is 0 Å². The number of halogens is 1. The summed E-state index contributed by atoms with van der Waals surface area (Å²) in [4.78, 5) is 21.9. The fourth-order valence-corrected chi connectivity index (χ4v) is 1.38. The van der Waals surface area contributed by atoms with Gasteiger partial charge in [0.1, 0.15) is 0 Å². The van der Waals surface area contributed by atoms with Gasteiger partial charge in [0, 0.05) is 17.2 Å². The highest BCUT2D eigenvalue weighted by atomic mass is 35.5. The van der Waals surface area contributed by atoms with Crippen LogP contribution in [0.2, 0.25) is 0 Å². The van der Waals surface area contributed by atoms with Crippen LogP contribution in [0.5, 0.6) is 0 Å². The highest BCUT2D eigenvalue weighted by Gasteiger charge is 2.22. The lowest BCUT2D eigenvalue weighted by molar-refractivity contribution is -0.122. The molecule has 0 aromatic heterocycles. The number of hydrogen-bond donors (Lipinski definition) is 0. The van der Waals surface area contributed by atoms with E-state index in [0.717, 1.165) is 5.56 Å². The summed E-state index contributed by atoms with van der Waals surface area (Å²) in [6, 6.07) is 9.01. The summed E-state index contributed by atoms with van der Waals surface area (Å²) in [6.07, 6.45) is -1.02. The second-order valence-corrected chi connectivity index (χ2v) is 3.55. The topological polar surface area (TPSA) is 43.4 Å². The standard InChI is InChI=1S/C12H11ClO3/c1-8(10-6-4-3-5-7-10)11(9(2)14)16-12(13)15/h3-7,11H,1H2,2H3. The molecule has 1 unspecified atom stereocenters. The van der Waals surface area contributed by atoms with E-state index in [4.69, 9.17) is 16.3 Å².